The molecule has 0 saturated carbocycles. The van der Waals surface area contributed by atoms with E-state index in [0.717, 1.165) is 40.0 Å². The maximum absolute atomic E-state index is 13.2. The molecular weight excluding hydrogens is 412 g/mol. The smallest absolute Gasteiger partial charge is 0.255 e. The van der Waals surface area contributed by atoms with E-state index in [2.05, 4.69) is 24.4 Å². The number of amides is 1. The summed E-state index contributed by atoms with van der Waals surface area (Å²) in [6.45, 7) is 6.52. The van der Waals surface area contributed by atoms with Gasteiger partial charge in [0.25, 0.3) is 5.56 Å². The van der Waals surface area contributed by atoms with Crippen LogP contribution in [0.15, 0.2) is 59.4 Å². The number of para-hydroxylation sites is 1. The van der Waals surface area contributed by atoms with E-state index in [4.69, 9.17) is 5.10 Å². The Bertz CT molecular complexity index is 1350. The van der Waals surface area contributed by atoms with E-state index < -0.39 is 0 Å². The molecule has 0 fully saturated rings. The number of hydrogen-bond donors (Lipinski definition) is 1. The third-order valence-electron chi connectivity index (χ3n) is 6.27. The van der Waals surface area contributed by atoms with E-state index >= 15 is 0 Å². The fraction of sp³-hybridized carbons (Fsp3) is 0.296. The van der Waals surface area contributed by atoms with Crippen LogP contribution in [0, 0.1) is 13.8 Å². The zero-order valence-corrected chi connectivity index (χ0v) is 19.7. The Labute approximate surface area is 193 Å². The zero-order valence-electron chi connectivity index (χ0n) is 19.7. The van der Waals surface area contributed by atoms with Crippen molar-refractivity contribution >= 4 is 16.9 Å². The number of benzene rings is 2. The number of hydrogen-bond acceptors (Lipinski definition) is 3. The molecule has 0 atom stereocenters. The lowest BCUT2D eigenvalue weighted by Gasteiger charge is -2.13. The molecule has 0 bridgehead atoms. The van der Waals surface area contributed by atoms with Gasteiger partial charge in [-0.15, -0.1) is 0 Å². The fourth-order valence-corrected chi connectivity index (χ4v) is 4.34. The van der Waals surface area contributed by atoms with E-state index in [1.54, 1.807) is 11.6 Å². The van der Waals surface area contributed by atoms with Gasteiger partial charge in [0.2, 0.25) is 5.91 Å². The molecule has 0 unspecified atom stereocenters. The molecule has 0 radical (unpaired) electrons. The van der Waals surface area contributed by atoms with Gasteiger partial charge in [0.1, 0.15) is 5.65 Å². The summed E-state index contributed by atoms with van der Waals surface area (Å²) in [7, 11) is 1.77. The molecule has 33 heavy (non-hydrogen) atoms. The first-order chi connectivity index (χ1) is 15.9. The Hall–Kier alpha value is -3.67. The van der Waals surface area contributed by atoms with Crippen molar-refractivity contribution in [2.75, 3.05) is 0 Å². The van der Waals surface area contributed by atoms with Gasteiger partial charge in [-0.2, -0.15) is 5.10 Å². The second kappa shape index (κ2) is 9.45. The molecule has 4 rings (SSSR count). The second-order valence-corrected chi connectivity index (χ2v) is 8.45. The number of carbonyl (C=O) groups is 1. The SMILES string of the molecule is CCc1ccc(CNC(=O)CCc2c(C)c3c(C)nn(-c4ccccc4)c3n(C)c2=O)cc1. The monoisotopic (exact) mass is 442 g/mol. The highest BCUT2D eigenvalue weighted by molar-refractivity contribution is 5.85. The number of nitrogens with one attached hydrogen (secondary N) is 1. The number of pyridine rings is 1. The predicted molar refractivity (Wildman–Crippen MR) is 132 cm³/mol. The number of nitrogens with zero attached hydrogens (tertiary/aromatic N) is 3. The molecule has 6 heteroatoms. The van der Waals surface area contributed by atoms with Crippen molar-refractivity contribution in [2.24, 2.45) is 7.05 Å². The first kappa shape index (κ1) is 22.5. The van der Waals surface area contributed by atoms with Crippen LogP contribution in [0.2, 0.25) is 0 Å². The average Bonchev–Trinajstić information content (AvgIpc) is 3.19. The molecule has 0 aliphatic carbocycles. The van der Waals surface area contributed by atoms with Crippen LogP contribution >= 0.6 is 0 Å². The maximum Gasteiger partial charge on any atom is 0.255 e. The van der Waals surface area contributed by atoms with Gasteiger partial charge in [-0.3, -0.25) is 14.2 Å². The van der Waals surface area contributed by atoms with Crippen LogP contribution in [0.3, 0.4) is 0 Å². The summed E-state index contributed by atoms with van der Waals surface area (Å²) in [5.41, 5.74) is 6.37. The van der Waals surface area contributed by atoms with Gasteiger partial charge in [-0.05, 0) is 55.5 Å². The zero-order chi connectivity index (χ0) is 23.5. The number of rotatable bonds is 7. The van der Waals surface area contributed by atoms with E-state index in [1.165, 1.54) is 5.56 Å². The predicted octanol–water partition coefficient (Wildman–Crippen LogP) is 4.15. The van der Waals surface area contributed by atoms with Crippen LogP contribution in [0.4, 0.5) is 0 Å². The molecule has 1 N–H and O–H groups in total. The third kappa shape index (κ3) is 4.46. The van der Waals surface area contributed by atoms with Gasteiger partial charge in [0.15, 0.2) is 0 Å². The quantitative estimate of drug-likeness (QED) is 0.467. The van der Waals surface area contributed by atoms with Gasteiger partial charge in [0, 0.05) is 31.0 Å². The largest absolute Gasteiger partial charge is 0.352 e. The van der Waals surface area contributed by atoms with Crippen molar-refractivity contribution in [3.63, 3.8) is 0 Å². The summed E-state index contributed by atoms with van der Waals surface area (Å²) in [5.74, 6) is -0.0622. The second-order valence-electron chi connectivity index (χ2n) is 8.45. The molecule has 4 aromatic rings. The molecule has 1 amide bonds. The molecule has 0 spiro atoms. The van der Waals surface area contributed by atoms with E-state index in [1.807, 2.05) is 61.0 Å². The Morgan fingerprint density at radius 2 is 1.67 bits per heavy atom. The first-order valence-corrected chi connectivity index (χ1v) is 11.4. The van der Waals surface area contributed by atoms with Crippen molar-refractivity contribution in [1.29, 1.82) is 0 Å². The van der Waals surface area contributed by atoms with Gasteiger partial charge < -0.3 is 5.32 Å². The van der Waals surface area contributed by atoms with Crippen molar-refractivity contribution in [2.45, 2.75) is 46.6 Å². The highest BCUT2D eigenvalue weighted by Crippen LogP contribution is 2.25. The van der Waals surface area contributed by atoms with Gasteiger partial charge in [0.05, 0.1) is 11.4 Å². The summed E-state index contributed by atoms with van der Waals surface area (Å²) in [6, 6.07) is 18.1. The minimum absolute atomic E-state index is 0.0622. The van der Waals surface area contributed by atoms with Crippen LogP contribution in [0.25, 0.3) is 16.7 Å². The molecule has 0 aliphatic rings. The first-order valence-electron chi connectivity index (χ1n) is 11.4. The summed E-state index contributed by atoms with van der Waals surface area (Å²) in [4.78, 5) is 25.7. The topological polar surface area (TPSA) is 68.9 Å². The van der Waals surface area contributed by atoms with Crippen LogP contribution < -0.4 is 10.9 Å². The van der Waals surface area contributed by atoms with E-state index in [-0.39, 0.29) is 17.9 Å². The van der Waals surface area contributed by atoms with Crippen molar-refractivity contribution in [3.05, 3.63) is 92.9 Å². The Morgan fingerprint density at radius 3 is 2.33 bits per heavy atom. The van der Waals surface area contributed by atoms with Crippen molar-refractivity contribution in [3.8, 4) is 5.69 Å². The Morgan fingerprint density at radius 1 is 1.00 bits per heavy atom. The summed E-state index contributed by atoms with van der Waals surface area (Å²) in [6.07, 6.45) is 1.65. The van der Waals surface area contributed by atoms with Crippen LogP contribution in [0.1, 0.15) is 41.3 Å². The molecule has 0 saturated heterocycles. The van der Waals surface area contributed by atoms with Crippen molar-refractivity contribution in [1.82, 2.24) is 19.7 Å². The van der Waals surface area contributed by atoms with Crippen LogP contribution in [-0.4, -0.2) is 20.3 Å². The lowest BCUT2D eigenvalue weighted by molar-refractivity contribution is -0.121. The standard InChI is InChI=1S/C27H30N4O2/c1-5-20-11-13-21(14-12-20)17-28-24(32)16-15-23-18(2)25-19(3)29-31(22-9-7-6-8-10-22)26(25)30(4)27(23)33/h6-14H,5,15-17H2,1-4H3,(H,28,32). The summed E-state index contributed by atoms with van der Waals surface area (Å²) < 4.78 is 3.47. The minimum Gasteiger partial charge on any atom is -0.352 e. The van der Waals surface area contributed by atoms with Crippen LogP contribution in [-0.2, 0) is 31.2 Å². The summed E-state index contributed by atoms with van der Waals surface area (Å²) in [5, 5.41) is 8.65. The number of aromatic nitrogens is 3. The Kier molecular flexibility index (Phi) is 6.45. The lowest BCUT2D eigenvalue weighted by Crippen LogP contribution is -2.27. The Balaban J connectivity index is 1.55. The molecule has 0 aliphatic heterocycles. The number of fused-ring (bicyclic) bond motifs is 1. The fourth-order valence-electron chi connectivity index (χ4n) is 4.34. The van der Waals surface area contributed by atoms with Gasteiger partial charge >= 0.3 is 0 Å². The molecule has 2 aromatic carbocycles. The highest BCUT2D eigenvalue weighted by Gasteiger charge is 2.20. The summed E-state index contributed by atoms with van der Waals surface area (Å²) >= 11 is 0. The number of aryl methyl sites for hydroxylation is 4. The molecule has 6 nitrogen and oxygen atoms in total. The van der Waals surface area contributed by atoms with E-state index in [9.17, 15) is 9.59 Å². The van der Waals surface area contributed by atoms with Gasteiger partial charge in [-0.25, -0.2) is 4.68 Å². The van der Waals surface area contributed by atoms with Crippen molar-refractivity contribution < 1.29 is 4.79 Å². The molecular formula is C27H30N4O2. The lowest BCUT2D eigenvalue weighted by atomic mass is 10.0. The normalized spacial score (nSPS) is 11.2. The van der Waals surface area contributed by atoms with Gasteiger partial charge in [-0.1, -0.05) is 49.4 Å². The molecule has 170 valence electrons. The van der Waals surface area contributed by atoms with E-state index in [0.29, 0.717) is 18.5 Å². The third-order valence-corrected chi connectivity index (χ3v) is 6.27. The number of carbonyl (C=O) groups excluding carboxylic acids is 1. The van der Waals surface area contributed by atoms with Crippen LogP contribution in [0.5, 0.6) is 0 Å². The minimum atomic E-state index is -0.0833. The molecule has 2 heterocycles. The average molecular weight is 443 g/mol. The highest BCUT2D eigenvalue weighted by atomic mass is 16.1. The molecule has 2 aromatic heterocycles. The maximum atomic E-state index is 13.2.